The van der Waals surface area contributed by atoms with E-state index < -0.39 is 20.0 Å². The SMILES string of the molecule is CC/C=C\C/C=C\C/C=C\C/C=C\C/C=C\CCCCCCCC(=O)NC(COP(=O)(O)OCCN)C(O)/C=C/CC/C=C/CCC. The van der Waals surface area contributed by atoms with Crippen LogP contribution < -0.4 is 11.1 Å². The second kappa shape index (κ2) is 33.6. The summed E-state index contributed by atoms with van der Waals surface area (Å²) in [4.78, 5) is 22.5. The number of nitrogens with one attached hydrogen (secondary N) is 1. The maximum atomic E-state index is 12.6. The number of phosphoric acid groups is 1. The van der Waals surface area contributed by atoms with Gasteiger partial charge in [-0.2, -0.15) is 0 Å². The first-order valence-electron chi connectivity index (χ1n) is 17.7. The van der Waals surface area contributed by atoms with Crippen LogP contribution in [0.3, 0.4) is 0 Å². The molecule has 0 rings (SSSR count). The quantitative estimate of drug-likeness (QED) is 0.0327. The van der Waals surface area contributed by atoms with Gasteiger partial charge in [0.1, 0.15) is 0 Å². The minimum atomic E-state index is -4.34. The Labute approximate surface area is 286 Å². The Morgan fingerprint density at radius 2 is 1.26 bits per heavy atom. The van der Waals surface area contributed by atoms with Crippen LogP contribution >= 0.6 is 7.82 Å². The summed E-state index contributed by atoms with van der Waals surface area (Å²) in [5.41, 5.74) is 5.33. The number of hydrogen-bond donors (Lipinski definition) is 4. The molecule has 1 amide bonds. The standard InChI is InChI=1S/C38H65N2O6P/c1-3-5-7-9-11-12-13-14-15-16-17-18-19-20-21-22-23-24-26-28-30-32-38(42)40-36(35-46-47(43,44)45-34-33-39)37(41)31-29-27-25-10-8-6-4-2/h5,7-8,10-12,14-15,17-18,20-21,29,31,36-37,41H,3-4,6,9,13,16,19,22-28,30,32-35,39H2,1-2H3,(H,40,42)(H,43,44)/b7-5-,10-8+,12-11-,15-14-,18-17-,21-20-,31-29+. The van der Waals surface area contributed by atoms with E-state index in [1.807, 2.05) is 6.08 Å². The number of aliphatic hydroxyl groups excluding tert-OH is 1. The van der Waals surface area contributed by atoms with E-state index in [1.165, 1.54) is 0 Å². The zero-order valence-electron chi connectivity index (χ0n) is 29.2. The molecule has 5 N–H and O–H groups in total. The van der Waals surface area contributed by atoms with Crippen molar-refractivity contribution in [2.24, 2.45) is 5.73 Å². The lowest BCUT2D eigenvalue weighted by molar-refractivity contribution is -0.123. The molecular weight excluding hydrogens is 611 g/mol. The molecule has 0 aromatic carbocycles. The largest absolute Gasteiger partial charge is 0.472 e. The summed E-state index contributed by atoms with van der Waals surface area (Å²) >= 11 is 0. The summed E-state index contributed by atoms with van der Waals surface area (Å²) in [6.45, 7) is 3.82. The maximum absolute atomic E-state index is 12.6. The molecule has 0 aromatic heterocycles. The lowest BCUT2D eigenvalue weighted by atomic mass is 10.1. The van der Waals surface area contributed by atoms with Crippen LogP contribution in [0.5, 0.6) is 0 Å². The molecule has 0 aliphatic rings. The smallest absolute Gasteiger partial charge is 0.387 e. The van der Waals surface area contributed by atoms with Crippen molar-refractivity contribution in [1.29, 1.82) is 0 Å². The van der Waals surface area contributed by atoms with Crippen molar-refractivity contribution in [2.75, 3.05) is 19.8 Å². The second-order valence-corrected chi connectivity index (χ2v) is 12.8. The van der Waals surface area contributed by atoms with E-state index in [-0.39, 0.29) is 25.7 Å². The molecule has 3 atom stereocenters. The summed E-state index contributed by atoms with van der Waals surface area (Å²) in [6, 6.07) is -0.889. The molecule has 3 unspecified atom stereocenters. The van der Waals surface area contributed by atoms with E-state index in [4.69, 9.17) is 14.8 Å². The molecule has 9 heteroatoms. The number of rotatable bonds is 31. The highest BCUT2D eigenvalue weighted by atomic mass is 31.2. The fraction of sp³-hybridized carbons (Fsp3) is 0.605. The van der Waals surface area contributed by atoms with Gasteiger partial charge in [0.25, 0.3) is 0 Å². The van der Waals surface area contributed by atoms with Gasteiger partial charge >= 0.3 is 7.82 Å². The predicted octanol–water partition coefficient (Wildman–Crippen LogP) is 9.10. The van der Waals surface area contributed by atoms with Crippen LogP contribution in [0, 0.1) is 0 Å². The Morgan fingerprint density at radius 1 is 0.723 bits per heavy atom. The molecule has 0 saturated carbocycles. The molecule has 0 bridgehead atoms. The van der Waals surface area contributed by atoms with Crippen LogP contribution in [0.25, 0.3) is 0 Å². The van der Waals surface area contributed by atoms with Crippen LogP contribution in [-0.2, 0) is 18.4 Å². The van der Waals surface area contributed by atoms with E-state index in [1.54, 1.807) is 6.08 Å². The molecule has 0 heterocycles. The molecule has 268 valence electrons. The zero-order chi connectivity index (χ0) is 34.7. The molecule has 0 saturated heterocycles. The monoisotopic (exact) mass is 676 g/mol. The minimum Gasteiger partial charge on any atom is -0.387 e. The Balaban J connectivity index is 4.26. The topological polar surface area (TPSA) is 131 Å². The van der Waals surface area contributed by atoms with Crippen molar-refractivity contribution in [2.45, 2.75) is 129 Å². The Morgan fingerprint density at radius 3 is 1.87 bits per heavy atom. The number of hydrogen-bond acceptors (Lipinski definition) is 6. The van der Waals surface area contributed by atoms with Crippen molar-refractivity contribution < 1.29 is 28.4 Å². The van der Waals surface area contributed by atoms with Gasteiger partial charge < -0.3 is 21.1 Å². The summed E-state index contributed by atoms with van der Waals surface area (Å²) in [5, 5.41) is 13.4. The van der Waals surface area contributed by atoms with Gasteiger partial charge in [0.2, 0.25) is 5.91 Å². The van der Waals surface area contributed by atoms with Crippen molar-refractivity contribution >= 4 is 13.7 Å². The number of amides is 1. The molecule has 0 aliphatic heterocycles. The molecule has 0 spiro atoms. The number of aliphatic hydroxyl groups is 1. The number of phosphoric ester groups is 1. The van der Waals surface area contributed by atoms with Crippen LogP contribution in [-0.4, -0.2) is 47.8 Å². The minimum absolute atomic E-state index is 0.0650. The van der Waals surface area contributed by atoms with E-state index in [9.17, 15) is 19.4 Å². The molecule has 0 radical (unpaired) electrons. The molecule has 0 aliphatic carbocycles. The van der Waals surface area contributed by atoms with Gasteiger partial charge in [0.15, 0.2) is 0 Å². The van der Waals surface area contributed by atoms with E-state index in [0.29, 0.717) is 6.42 Å². The van der Waals surface area contributed by atoms with Gasteiger partial charge in [0, 0.05) is 13.0 Å². The molecular formula is C38H65N2O6P. The third-order valence-electron chi connectivity index (χ3n) is 6.94. The highest BCUT2D eigenvalue weighted by molar-refractivity contribution is 7.47. The van der Waals surface area contributed by atoms with Crippen molar-refractivity contribution in [3.05, 3.63) is 85.1 Å². The van der Waals surface area contributed by atoms with Gasteiger partial charge in [-0.15, -0.1) is 0 Å². The van der Waals surface area contributed by atoms with E-state index in [2.05, 4.69) is 92.1 Å². The average Bonchev–Trinajstić information content (AvgIpc) is 3.05. The Kier molecular flexibility index (Phi) is 31.9. The predicted molar refractivity (Wildman–Crippen MR) is 198 cm³/mol. The highest BCUT2D eigenvalue weighted by Gasteiger charge is 2.26. The lowest BCUT2D eigenvalue weighted by Crippen LogP contribution is -2.45. The summed E-state index contributed by atoms with van der Waals surface area (Å²) in [7, 11) is -4.34. The van der Waals surface area contributed by atoms with E-state index >= 15 is 0 Å². The van der Waals surface area contributed by atoms with Crippen LogP contribution in [0.1, 0.15) is 117 Å². The number of carbonyl (C=O) groups is 1. The number of carbonyl (C=O) groups excluding carboxylic acids is 1. The molecule has 8 nitrogen and oxygen atoms in total. The molecule has 47 heavy (non-hydrogen) atoms. The lowest BCUT2D eigenvalue weighted by Gasteiger charge is -2.23. The molecule has 0 fully saturated rings. The normalized spacial score (nSPS) is 15.4. The summed E-state index contributed by atoms with van der Waals surface area (Å²) in [5.74, 6) is -0.233. The summed E-state index contributed by atoms with van der Waals surface area (Å²) < 4.78 is 21.9. The fourth-order valence-electron chi connectivity index (χ4n) is 4.30. The van der Waals surface area contributed by atoms with E-state index in [0.717, 1.165) is 96.3 Å². The fourth-order valence-corrected chi connectivity index (χ4v) is 5.06. The summed E-state index contributed by atoms with van der Waals surface area (Å²) in [6.07, 6.45) is 43.7. The van der Waals surface area contributed by atoms with Crippen molar-refractivity contribution in [3.8, 4) is 0 Å². The number of allylic oxidation sites excluding steroid dienone is 13. The second-order valence-electron chi connectivity index (χ2n) is 11.3. The number of nitrogens with two attached hydrogens (primary N) is 1. The van der Waals surface area contributed by atoms with Gasteiger partial charge in [-0.05, 0) is 70.6 Å². The van der Waals surface area contributed by atoms with Crippen molar-refractivity contribution in [3.63, 3.8) is 0 Å². The highest BCUT2D eigenvalue weighted by Crippen LogP contribution is 2.43. The number of unbranched alkanes of at least 4 members (excludes halogenated alkanes) is 7. The van der Waals surface area contributed by atoms with Gasteiger partial charge in [-0.25, -0.2) is 4.57 Å². The van der Waals surface area contributed by atoms with Gasteiger partial charge in [-0.1, -0.05) is 125 Å². The zero-order valence-corrected chi connectivity index (χ0v) is 30.1. The van der Waals surface area contributed by atoms with Gasteiger partial charge in [0.05, 0.1) is 25.4 Å². The van der Waals surface area contributed by atoms with Crippen LogP contribution in [0.15, 0.2) is 85.1 Å². The first kappa shape index (κ1) is 44.7. The van der Waals surface area contributed by atoms with Gasteiger partial charge in [-0.3, -0.25) is 13.8 Å². The van der Waals surface area contributed by atoms with Crippen LogP contribution in [0.2, 0.25) is 0 Å². The third-order valence-corrected chi connectivity index (χ3v) is 7.92. The van der Waals surface area contributed by atoms with Crippen LogP contribution in [0.4, 0.5) is 0 Å². The Bertz CT molecular complexity index is 1000. The maximum Gasteiger partial charge on any atom is 0.472 e. The third kappa shape index (κ3) is 32.0. The first-order chi connectivity index (χ1) is 22.9. The average molecular weight is 677 g/mol. The first-order valence-corrected chi connectivity index (χ1v) is 19.2. The van der Waals surface area contributed by atoms with Crippen molar-refractivity contribution in [1.82, 2.24) is 5.32 Å². The Hall–Kier alpha value is -2.32. The molecule has 0 aromatic rings.